The molecule has 0 bridgehead atoms. The molecule has 5 heteroatoms. The van der Waals surface area contributed by atoms with Crippen LogP contribution >= 0.6 is 0 Å². The molecule has 2 atom stereocenters. The van der Waals surface area contributed by atoms with Gasteiger partial charge in [-0.05, 0) is 44.0 Å². The molecule has 1 aromatic rings. The van der Waals surface area contributed by atoms with Gasteiger partial charge in [0, 0.05) is 50.4 Å². The lowest BCUT2D eigenvalue weighted by atomic mass is 9.85. The highest BCUT2D eigenvalue weighted by Crippen LogP contribution is 2.24. The number of anilines is 1. The van der Waals surface area contributed by atoms with Crippen LogP contribution in [0.2, 0.25) is 0 Å². The van der Waals surface area contributed by atoms with Gasteiger partial charge in [-0.2, -0.15) is 0 Å². The first kappa shape index (κ1) is 17.4. The van der Waals surface area contributed by atoms with E-state index in [0.29, 0.717) is 0 Å². The number of benzene rings is 1. The quantitative estimate of drug-likeness (QED) is 0.885. The summed E-state index contributed by atoms with van der Waals surface area (Å²) in [5, 5.41) is 3.10. The predicted molar refractivity (Wildman–Crippen MR) is 97.8 cm³/mol. The molecule has 1 saturated heterocycles. The zero-order chi connectivity index (χ0) is 16.9. The van der Waals surface area contributed by atoms with Crippen molar-refractivity contribution in [2.24, 2.45) is 11.7 Å². The van der Waals surface area contributed by atoms with E-state index in [1.807, 2.05) is 12.1 Å². The summed E-state index contributed by atoms with van der Waals surface area (Å²) < 4.78 is 0. The summed E-state index contributed by atoms with van der Waals surface area (Å²) in [7, 11) is 2.17. The zero-order valence-electron chi connectivity index (χ0n) is 14.7. The third-order valence-corrected chi connectivity index (χ3v) is 5.28. The molecule has 24 heavy (non-hydrogen) atoms. The van der Waals surface area contributed by atoms with Gasteiger partial charge in [0.15, 0.2) is 0 Å². The van der Waals surface area contributed by atoms with Crippen LogP contribution in [-0.4, -0.2) is 55.0 Å². The van der Waals surface area contributed by atoms with E-state index in [1.165, 1.54) is 5.56 Å². The molecule has 0 radical (unpaired) electrons. The molecular formula is C19H30N4O. The Bertz CT molecular complexity index is 554. The van der Waals surface area contributed by atoms with Gasteiger partial charge in [-0.25, -0.2) is 0 Å². The number of hydrogen-bond donors (Lipinski definition) is 2. The minimum Gasteiger partial charge on any atom is -0.328 e. The van der Waals surface area contributed by atoms with Crippen LogP contribution in [0.5, 0.6) is 0 Å². The largest absolute Gasteiger partial charge is 0.328 e. The molecular weight excluding hydrogens is 300 g/mol. The van der Waals surface area contributed by atoms with Gasteiger partial charge in [0.2, 0.25) is 5.91 Å². The highest BCUT2D eigenvalue weighted by molar-refractivity contribution is 5.92. The van der Waals surface area contributed by atoms with Gasteiger partial charge >= 0.3 is 0 Å². The highest BCUT2D eigenvalue weighted by Gasteiger charge is 2.25. The summed E-state index contributed by atoms with van der Waals surface area (Å²) in [5.74, 6) is 0.192. The number of nitrogens with zero attached hydrogens (tertiary/aromatic N) is 2. The highest BCUT2D eigenvalue weighted by atomic mass is 16.1. The average molecular weight is 330 g/mol. The van der Waals surface area contributed by atoms with Crippen LogP contribution < -0.4 is 11.1 Å². The smallest absolute Gasteiger partial charge is 0.227 e. The first-order valence-electron chi connectivity index (χ1n) is 9.16. The lowest BCUT2D eigenvalue weighted by molar-refractivity contribution is -0.120. The summed E-state index contributed by atoms with van der Waals surface area (Å²) in [4.78, 5) is 17.3. The second-order valence-corrected chi connectivity index (χ2v) is 7.39. The van der Waals surface area contributed by atoms with Crippen LogP contribution in [0.25, 0.3) is 0 Å². The summed E-state index contributed by atoms with van der Waals surface area (Å²) in [6.45, 7) is 5.41. The van der Waals surface area contributed by atoms with E-state index in [-0.39, 0.29) is 17.9 Å². The van der Waals surface area contributed by atoms with E-state index >= 15 is 0 Å². The lowest BCUT2D eigenvalue weighted by Crippen LogP contribution is -2.43. The normalized spacial score (nSPS) is 26.2. The van der Waals surface area contributed by atoms with Gasteiger partial charge < -0.3 is 16.0 Å². The van der Waals surface area contributed by atoms with Gasteiger partial charge in [-0.15, -0.1) is 0 Å². The Balaban J connectivity index is 1.55. The fraction of sp³-hybridized carbons (Fsp3) is 0.632. The van der Waals surface area contributed by atoms with E-state index < -0.39 is 0 Å². The molecule has 0 spiro atoms. The van der Waals surface area contributed by atoms with E-state index in [4.69, 9.17) is 5.73 Å². The number of nitrogens with one attached hydrogen (secondary N) is 1. The second kappa shape index (κ2) is 8.10. The molecule has 132 valence electrons. The average Bonchev–Trinajstić information content (AvgIpc) is 2.57. The lowest BCUT2D eigenvalue weighted by Gasteiger charge is -2.32. The Labute approximate surface area is 145 Å². The van der Waals surface area contributed by atoms with E-state index in [9.17, 15) is 4.79 Å². The Morgan fingerprint density at radius 1 is 1.25 bits per heavy atom. The van der Waals surface area contributed by atoms with Crippen LogP contribution in [0.1, 0.15) is 31.2 Å². The van der Waals surface area contributed by atoms with Crippen molar-refractivity contribution < 1.29 is 4.79 Å². The molecule has 2 aliphatic rings. The third kappa shape index (κ3) is 4.79. The SMILES string of the molecule is CN1CCN(Cc2cccc(NC(=O)C3CCCC(N)C3)c2)CC1. The number of rotatable bonds is 4. The maximum atomic E-state index is 12.5. The van der Waals surface area contributed by atoms with Gasteiger partial charge in [-0.3, -0.25) is 9.69 Å². The van der Waals surface area contributed by atoms with Gasteiger partial charge in [0.1, 0.15) is 0 Å². The summed E-state index contributed by atoms with van der Waals surface area (Å²) in [5.41, 5.74) is 8.18. The maximum Gasteiger partial charge on any atom is 0.227 e. The molecule has 2 unspecified atom stereocenters. The Kier molecular flexibility index (Phi) is 5.87. The molecule has 1 amide bonds. The molecule has 1 aromatic carbocycles. The fourth-order valence-electron chi connectivity index (χ4n) is 3.72. The number of carbonyl (C=O) groups is 1. The number of likely N-dealkylation sites (N-methyl/N-ethyl adjacent to an activating group) is 1. The van der Waals surface area contributed by atoms with Gasteiger partial charge in [0.25, 0.3) is 0 Å². The number of amides is 1. The zero-order valence-corrected chi connectivity index (χ0v) is 14.7. The number of carbonyl (C=O) groups excluding carboxylic acids is 1. The Hall–Kier alpha value is -1.43. The topological polar surface area (TPSA) is 61.6 Å². The molecule has 2 fully saturated rings. The molecule has 3 N–H and O–H groups in total. The van der Waals surface area contributed by atoms with Crippen molar-refractivity contribution in [2.45, 2.75) is 38.3 Å². The van der Waals surface area contributed by atoms with E-state index in [2.05, 4.69) is 34.3 Å². The fourth-order valence-corrected chi connectivity index (χ4v) is 3.72. The van der Waals surface area contributed by atoms with Crippen molar-refractivity contribution in [3.05, 3.63) is 29.8 Å². The van der Waals surface area contributed by atoms with Crippen molar-refractivity contribution >= 4 is 11.6 Å². The first-order valence-corrected chi connectivity index (χ1v) is 9.16. The van der Waals surface area contributed by atoms with Crippen LogP contribution in [-0.2, 0) is 11.3 Å². The van der Waals surface area contributed by atoms with Crippen molar-refractivity contribution in [1.82, 2.24) is 9.80 Å². The van der Waals surface area contributed by atoms with Gasteiger partial charge in [0.05, 0.1) is 0 Å². The minimum atomic E-state index is 0.0648. The van der Waals surface area contributed by atoms with E-state index in [0.717, 1.165) is 64.1 Å². The molecule has 1 aliphatic heterocycles. The molecule has 1 saturated carbocycles. The third-order valence-electron chi connectivity index (χ3n) is 5.28. The first-order chi connectivity index (χ1) is 11.6. The molecule has 1 heterocycles. The molecule has 5 nitrogen and oxygen atoms in total. The van der Waals surface area contributed by atoms with Crippen LogP contribution in [0, 0.1) is 5.92 Å². The van der Waals surface area contributed by atoms with E-state index in [1.54, 1.807) is 0 Å². The molecule has 0 aromatic heterocycles. The number of nitrogens with two attached hydrogens (primary N) is 1. The van der Waals surface area contributed by atoms with Crippen LogP contribution in [0.4, 0.5) is 5.69 Å². The number of piperazine rings is 1. The Morgan fingerprint density at radius 2 is 2.04 bits per heavy atom. The van der Waals surface area contributed by atoms with Crippen molar-refractivity contribution in [1.29, 1.82) is 0 Å². The summed E-state index contributed by atoms with van der Waals surface area (Å²) in [6.07, 6.45) is 3.88. The monoisotopic (exact) mass is 330 g/mol. The summed E-state index contributed by atoms with van der Waals surface area (Å²) >= 11 is 0. The van der Waals surface area contributed by atoms with Crippen LogP contribution in [0.15, 0.2) is 24.3 Å². The minimum absolute atomic E-state index is 0.0648. The second-order valence-electron chi connectivity index (χ2n) is 7.39. The maximum absolute atomic E-state index is 12.5. The van der Waals surface area contributed by atoms with Crippen molar-refractivity contribution in [2.75, 3.05) is 38.5 Å². The predicted octanol–water partition coefficient (Wildman–Crippen LogP) is 1.89. The Morgan fingerprint density at radius 3 is 2.79 bits per heavy atom. The standard InChI is InChI=1S/C19H30N4O/c1-22-8-10-23(11-9-22)14-15-4-2-7-18(12-15)21-19(24)16-5-3-6-17(20)13-16/h2,4,7,12,16-17H,3,5-6,8-11,13-14,20H2,1H3,(H,21,24). The molecule has 3 rings (SSSR count). The number of hydrogen-bond acceptors (Lipinski definition) is 4. The van der Waals surface area contributed by atoms with Crippen LogP contribution in [0.3, 0.4) is 0 Å². The van der Waals surface area contributed by atoms with Crippen molar-refractivity contribution in [3.63, 3.8) is 0 Å². The van der Waals surface area contributed by atoms with Crippen molar-refractivity contribution in [3.8, 4) is 0 Å². The summed E-state index contributed by atoms with van der Waals surface area (Å²) in [6, 6.07) is 8.45. The van der Waals surface area contributed by atoms with Gasteiger partial charge in [-0.1, -0.05) is 18.6 Å². The molecule has 1 aliphatic carbocycles.